The summed E-state index contributed by atoms with van der Waals surface area (Å²) >= 11 is 5.26. The summed E-state index contributed by atoms with van der Waals surface area (Å²) in [4.78, 5) is 13.7. The lowest BCUT2D eigenvalue weighted by atomic mass is 9.92. The van der Waals surface area contributed by atoms with Crippen LogP contribution in [0, 0.1) is 5.92 Å². The maximum absolute atomic E-state index is 11.3. The number of thiophene rings is 1. The van der Waals surface area contributed by atoms with Crippen molar-refractivity contribution in [2.24, 2.45) is 5.92 Å². The molecule has 3 rings (SSSR count). The van der Waals surface area contributed by atoms with Gasteiger partial charge in [0.1, 0.15) is 5.75 Å². The quantitative estimate of drug-likeness (QED) is 0.724. The number of nitrogens with zero attached hydrogens (tertiary/aromatic N) is 1. The fourth-order valence-electron chi connectivity index (χ4n) is 3.44. The highest BCUT2D eigenvalue weighted by Crippen LogP contribution is 2.39. The Morgan fingerprint density at radius 3 is 2.76 bits per heavy atom. The zero-order valence-electron chi connectivity index (χ0n) is 14.2. The minimum atomic E-state index is -0.677. The van der Waals surface area contributed by atoms with Crippen LogP contribution in [-0.2, 0) is 4.79 Å². The van der Waals surface area contributed by atoms with Gasteiger partial charge in [0.2, 0.25) is 0 Å². The third-order valence-electron chi connectivity index (χ3n) is 4.67. The molecule has 1 aromatic carbocycles. The van der Waals surface area contributed by atoms with Crippen LogP contribution in [0.5, 0.6) is 5.75 Å². The van der Waals surface area contributed by atoms with Gasteiger partial charge in [-0.25, -0.2) is 0 Å². The molecule has 1 atom stereocenters. The van der Waals surface area contributed by atoms with Gasteiger partial charge in [0, 0.05) is 10.0 Å². The van der Waals surface area contributed by atoms with E-state index in [1.54, 1.807) is 11.3 Å². The second-order valence-corrected chi connectivity index (χ2v) is 7.92. The van der Waals surface area contributed by atoms with Gasteiger partial charge in [-0.15, -0.1) is 0 Å². The first kappa shape index (κ1) is 18.4. The van der Waals surface area contributed by atoms with E-state index in [0.717, 1.165) is 28.9 Å². The summed E-state index contributed by atoms with van der Waals surface area (Å²) in [6.07, 6.45) is 1.38. The third-order valence-corrected chi connectivity index (χ3v) is 5.86. The predicted octanol–water partition coefficient (Wildman–Crippen LogP) is 4.80. The first-order valence-corrected chi connectivity index (χ1v) is 10.2. The Bertz CT molecular complexity index is 711. The molecule has 1 fully saturated rings. The summed E-state index contributed by atoms with van der Waals surface area (Å²) in [6.45, 7) is 4.15. The lowest BCUT2D eigenvalue weighted by Crippen LogP contribution is -2.39. The Labute approximate surface area is 160 Å². The second kappa shape index (κ2) is 8.34. The van der Waals surface area contributed by atoms with E-state index >= 15 is 0 Å². The van der Waals surface area contributed by atoms with Gasteiger partial charge in [0.15, 0.2) is 0 Å². The molecule has 0 aliphatic carbocycles. The van der Waals surface area contributed by atoms with Crippen LogP contribution in [0.2, 0.25) is 0 Å². The Morgan fingerprint density at radius 1 is 1.40 bits per heavy atom. The number of carboxylic acid groups (broad SMARTS) is 1. The van der Waals surface area contributed by atoms with Gasteiger partial charge < -0.3 is 9.84 Å². The number of rotatable bonds is 6. The van der Waals surface area contributed by atoms with Crippen molar-refractivity contribution in [1.29, 1.82) is 0 Å². The molecule has 1 aromatic heterocycles. The van der Waals surface area contributed by atoms with Crippen molar-refractivity contribution in [3.63, 3.8) is 0 Å². The molecule has 1 saturated heterocycles. The number of hydrogen-bond donors (Lipinski definition) is 1. The Morgan fingerprint density at radius 2 is 2.16 bits per heavy atom. The molecule has 0 saturated carbocycles. The van der Waals surface area contributed by atoms with E-state index in [4.69, 9.17) is 4.74 Å². The van der Waals surface area contributed by atoms with E-state index in [9.17, 15) is 9.90 Å². The first-order chi connectivity index (χ1) is 12.1. The van der Waals surface area contributed by atoms with Crippen molar-refractivity contribution in [3.8, 4) is 5.75 Å². The van der Waals surface area contributed by atoms with Crippen LogP contribution in [0.15, 0.2) is 39.5 Å². The summed E-state index contributed by atoms with van der Waals surface area (Å²) < 4.78 is 6.90. The van der Waals surface area contributed by atoms with Crippen LogP contribution < -0.4 is 4.74 Å². The van der Waals surface area contributed by atoms with E-state index in [2.05, 4.69) is 43.7 Å². The molecule has 134 valence electrons. The van der Waals surface area contributed by atoms with Crippen molar-refractivity contribution < 1.29 is 14.6 Å². The van der Waals surface area contributed by atoms with Crippen molar-refractivity contribution in [2.75, 3.05) is 19.7 Å². The summed E-state index contributed by atoms with van der Waals surface area (Å²) in [5.41, 5.74) is 2.36. The lowest BCUT2D eigenvalue weighted by molar-refractivity contribution is -0.143. The van der Waals surface area contributed by atoms with Crippen LogP contribution in [0.1, 0.15) is 36.9 Å². The Balaban J connectivity index is 1.95. The Kier molecular flexibility index (Phi) is 6.15. The number of carboxylic acids is 1. The highest BCUT2D eigenvalue weighted by molar-refractivity contribution is 9.10. The number of ether oxygens (including phenoxy) is 1. The number of aliphatic carboxylic acids is 1. The molecule has 2 aromatic rings. The van der Waals surface area contributed by atoms with Crippen LogP contribution in [0.4, 0.5) is 0 Å². The highest BCUT2D eigenvalue weighted by Gasteiger charge is 2.31. The molecule has 0 bridgehead atoms. The zero-order valence-corrected chi connectivity index (χ0v) is 16.6. The molecule has 1 aliphatic heterocycles. The van der Waals surface area contributed by atoms with E-state index in [1.165, 1.54) is 5.56 Å². The van der Waals surface area contributed by atoms with Crippen LogP contribution in [-0.4, -0.2) is 35.7 Å². The Hall–Kier alpha value is -1.37. The van der Waals surface area contributed by atoms with E-state index in [-0.39, 0.29) is 12.0 Å². The fraction of sp³-hybridized carbons (Fsp3) is 0.421. The van der Waals surface area contributed by atoms with Gasteiger partial charge in [-0.1, -0.05) is 15.9 Å². The topological polar surface area (TPSA) is 49.8 Å². The van der Waals surface area contributed by atoms with Crippen LogP contribution in [0.3, 0.4) is 0 Å². The number of likely N-dealkylation sites (tertiary alicyclic amines) is 1. The molecule has 4 nitrogen and oxygen atoms in total. The summed E-state index contributed by atoms with van der Waals surface area (Å²) in [7, 11) is 0. The normalized spacial score (nSPS) is 17.4. The van der Waals surface area contributed by atoms with E-state index in [0.29, 0.717) is 19.4 Å². The standard InChI is InChI=1S/C19H22BrNO3S/c1-2-24-17-4-3-15(20)11-16(17)18(14-7-10-25-12-14)21-8-5-13(6-9-21)19(22)23/h3-4,7,10-13,18H,2,5-6,8-9H2,1H3,(H,22,23). The number of halogens is 1. The van der Waals surface area contributed by atoms with Crippen LogP contribution >= 0.6 is 27.3 Å². The minimum Gasteiger partial charge on any atom is -0.494 e. The van der Waals surface area contributed by atoms with Crippen molar-refractivity contribution in [2.45, 2.75) is 25.8 Å². The molecule has 1 aliphatic rings. The van der Waals surface area contributed by atoms with Gasteiger partial charge in [0.05, 0.1) is 18.6 Å². The van der Waals surface area contributed by atoms with E-state index < -0.39 is 5.97 Å². The average molecular weight is 424 g/mol. The zero-order chi connectivity index (χ0) is 17.8. The maximum Gasteiger partial charge on any atom is 0.306 e. The number of hydrogen-bond acceptors (Lipinski definition) is 4. The molecule has 0 spiro atoms. The third kappa shape index (κ3) is 4.25. The van der Waals surface area contributed by atoms with Gasteiger partial charge in [-0.2, -0.15) is 11.3 Å². The monoisotopic (exact) mass is 423 g/mol. The number of carbonyl (C=O) groups is 1. The molecule has 0 amide bonds. The second-order valence-electron chi connectivity index (χ2n) is 6.22. The molecule has 0 radical (unpaired) electrons. The molecule has 1 unspecified atom stereocenters. The number of benzene rings is 1. The van der Waals surface area contributed by atoms with Gasteiger partial charge in [-0.3, -0.25) is 9.69 Å². The summed E-state index contributed by atoms with van der Waals surface area (Å²) in [5.74, 6) is -0.0142. The molecular formula is C19H22BrNO3S. The molecule has 1 N–H and O–H groups in total. The van der Waals surface area contributed by atoms with Crippen molar-refractivity contribution in [1.82, 2.24) is 4.90 Å². The smallest absolute Gasteiger partial charge is 0.306 e. The molecular weight excluding hydrogens is 402 g/mol. The van der Waals surface area contributed by atoms with Crippen molar-refractivity contribution >= 4 is 33.2 Å². The largest absolute Gasteiger partial charge is 0.494 e. The van der Waals surface area contributed by atoms with Gasteiger partial charge >= 0.3 is 5.97 Å². The maximum atomic E-state index is 11.3. The highest BCUT2D eigenvalue weighted by atomic mass is 79.9. The van der Waals surface area contributed by atoms with E-state index in [1.807, 2.05) is 19.1 Å². The predicted molar refractivity (Wildman–Crippen MR) is 103 cm³/mol. The lowest BCUT2D eigenvalue weighted by Gasteiger charge is -2.37. The fourth-order valence-corrected chi connectivity index (χ4v) is 4.50. The first-order valence-electron chi connectivity index (χ1n) is 8.51. The minimum absolute atomic E-state index is 0.0834. The SMILES string of the molecule is CCOc1ccc(Br)cc1C(c1ccsc1)N1CCC(C(=O)O)CC1. The van der Waals surface area contributed by atoms with Crippen LogP contribution in [0.25, 0.3) is 0 Å². The average Bonchev–Trinajstić information content (AvgIpc) is 3.12. The molecule has 6 heteroatoms. The summed E-state index contributed by atoms with van der Waals surface area (Å²) in [5, 5.41) is 13.5. The van der Waals surface area contributed by atoms with Gasteiger partial charge in [-0.05, 0) is 73.4 Å². The summed E-state index contributed by atoms with van der Waals surface area (Å²) in [6, 6.07) is 8.36. The number of piperidine rings is 1. The molecule has 2 heterocycles. The van der Waals surface area contributed by atoms with Crippen molar-refractivity contribution in [3.05, 3.63) is 50.6 Å². The van der Waals surface area contributed by atoms with Gasteiger partial charge in [0.25, 0.3) is 0 Å². The molecule has 25 heavy (non-hydrogen) atoms.